The molecule has 0 heterocycles. The molecule has 0 aromatic heterocycles. The SMILES string of the molecule is CCCCOc1cc2c(c(OC(=O)CC)c1)[C@H]1CC[C@]3(C)C(OC(=O)CC)=CC[C@H]3[C@@H]1CC2. The number of unbranched alkanes of at least 4 members (excludes halogenated alkanes) is 1. The summed E-state index contributed by atoms with van der Waals surface area (Å²) < 4.78 is 17.7. The second-order valence-corrected chi connectivity index (χ2v) is 10.0. The van der Waals surface area contributed by atoms with Crippen LogP contribution in [0.4, 0.5) is 0 Å². The summed E-state index contributed by atoms with van der Waals surface area (Å²) in [5, 5.41) is 0. The van der Waals surface area contributed by atoms with Crippen molar-refractivity contribution in [1.29, 1.82) is 0 Å². The lowest BCUT2D eigenvalue weighted by atomic mass is 9.55. The number of allylic oxidation sites excluding steroid dienone is 2. The molecule has 5 heteroatoms. The number of hydrogen-bond acceptors (Lipinski definition) is 5. The van der Waals surface area contributed by atoms with Gasteiger partial charge in [0.1, 0.15) is 17.3 Å². The Kier molecular flexibility index (Phi) is 7.16. The summed E-state index contributed by atoms with van der Waals surface area (Å²) in [4.78, 5) is 24.3. The van der Waals surface area contributed by atoms with Gasteiger partial charge in [0.2, 0.25) is 0 Å². The van der Waals surface area contributed by atoms with Crippen LogP contribution in [0, 0.1) is 17.3 Å². The number of fused-ring (bicyclic) bond motifs is 5. The van der Waals surface area contributed by atoms with Crippen molar-refractivity contribution in [2.45, 2.75) is 91.4 Å². The van der Waals surface area contributed by atoms with Crippen LogP contribution < -0.4 is 9.47 Å². The van der Waals surface area contributed by atoms with Gasteiger partial charge in [-0.15, -0.1) is 0 Å². The number of aryl methyl sites for hydroxylation is 1. The Balaban J connectivity index is 1.63. The first-order valence-electron chi connectivity index (χ1n) is 12.8. The van der Waals surface area contributed by atoms with Gasteiger partial charge in [0.25, 0.3) is 0 Å². The van der Waals surface area contributed by atoms with E-state index >= 15 is 0 Å². The van der Waals surface area contributed by atoms with Crippen LogP contribution >= 0.6 is 0 Å². The second-order valence-electron chi connectivity index (χ2n) is 10.0. The van der Waals surface area contributed by atoms with Crippen LogP contribution in [-0.4, -0.2) is 18.5 Å². The van der Waals surface area contributed by atoms with Crippen LogP contribution in [-0.2, 0) is 20.7 Å². The van der Waals surface area contributed by atoms with Gasteiger partial charge >= 0.3 is 11.9 Å². The van der Waals surface area contributed by atoms with Crippen molar-refractivity contribution in [2.75, 3.05) is 6.61 Å². The highest BCUT2D eigenvalue weighted by atomic mass is 16.5. The van der Waals surface area contributed by atoms with Gasteiger partial charge in [-0.3, -0.25) is 9.59 Å². The zero-order valence-corrected chi connectivity index (χ0v) is 20.6. The highest BCUT2D eigenvalue weighted by Gasteiger charge is 2.53. The molecule has 1 fully saturated rings. The Hall–Kier alpha value is -2.30. The van der Waals surface area contributed by atoms with E-state index in [9.17, 15) is 9.59 Å². The fourth-order valence-electron chi connectivity index (χ4n) is 6.23. The predicted molar refractivity (Wildman–Crippen MR) is 127 cm³/mol. The van der Waals surface area contributed by atoms with Crippen molar-refractivity contribution in [3.05, 3.63) is 35.1 Å². The van der Waals surface area contributed by atoms with Crippen LogP contribution in [0.25, 0.3) is 0 Å². The normalized spacial score (nSPS) is 27.6. The van der Waals surface area contributed by atoms with Crippen LogP contribution in [0.15, 0.2) is 24.0 Å². The van der Waals surface area contributed by atoms with Crippen LogP contribution in [0.3, 0.4) is 0 Å². The summed E-state index contributed by atoms with van der Waals surface area (Å²) in [6.07, 6.45) is 9.94. The van der Waals surface area contributed by atoms with Crippen LogP contribution in [0.5, 0.6) is 11.5 Å². The van der Waals surface area contributed by atoms with E-state index in [1.54, 1.807) is 0 Å². The molecular weight excluding hydrogens is 416 g/mol. The van der Waals surface area contributed by atoms with Gasteiger partial charge < -0.3 is 14.2 Å². The third-order valence-electron chi connectivity index (χ3n) is 8.06. The molecule has 0 unspecified atom stereocenters. The van der Waals surface area contributed by atoms with Gasteiger partial charge in [0.05, 0.1) is 6.61 Å². The van der Waals surface area contributed by atoms with E-state index in [2.05, 4.69) is 26.0 Å². The monoisotopic (exact) mass is 454 g/mol. The van der Waals surface area contributed by atoms with E-state index < -0.39 is 0 Å². The molecular formula is C28H38O5. The third kappa shape index (κ3) is 4.56. The lowest BCUT2D eigenvalue weighted by Gasteiger charge is -2.49. The van der Waals surface area contributed by atoms with Gasteiger partial charge in [0, 0.05) is 29.9 Å². The number of carbonyl (C=O) groups is 2. The largest absolute Gasteiger partial charge is 0.493 e. The number of benzene rings is 1. The molecule has 1 aromatic carbocycles. The standard InChI is InChI=1S/C28H38O5/c1-5-8-15-31-19-16-18-9-10-20-21(27(18)23(17-19)32-25(29)6-2)13-14-28(4)22(20)11-12-24(28)33-26(30)7-3/h12,16-17,20-22H,5-11,13-15H2,1-4H3/t20-,21+,22+,28+/m1/s1. The van der Waals surface area contributed by atoms with Crippen molar-refractivity contribution < 1.29 is 23.8 Å². The topological polar surface area (TPSA) is 61.8 Å². The molecule has 0 bridgehead atoms. The Morgan fingerprint density at radius 2 is 1.82 bits per heavy atom. The lowest BCUT2D eigenvalue weighted by Crippen LogP contribution is -2.42. The molecule has 0 spiro atoms. The molecule has 33 heavy (non-hydrogen) atoms. The molecule has 0 amide bonds. The molecule has 1 saturated carbocycles. The Labute approximate surface area is 197 Å². The zero-order valence-electron chi connectivity index (χ0n) is 20.6. The summed E-state index contributed by atoms with van der Waals surface area (Å²) in [7, 11) is 0. The van der Waals surface area contributed by atoms with E-state index in [1.165, 1.54) is 11.1 Å². The maximum Gasteiger partial charge on any atom is 0.310 e. The highest BCUT2D eigenvalue weighted by Crippen LogP contribution is 2.62. The van der Waals surface area contributed by atoms with Crippen molar-refractivity contribution in [3.63, 3.8) is 0 Å². The van der Waals surface area contributed by atoms with E-state index in [1.807, 2.05) is 19.9 Å². The maximum absolute atomic E-state index is 12.3. The Morgan fingerprint density at radius 1 is 1.06 bits per heavy atom. The molecule has 0 radical (unpaired) electrons. The molecule has 180 valence electrons. The fourth-order valence-corrected chi connectivity index (χ4v) is 6.23. The predicted octanol–water partition coefficient (Wildman–Crippen LogP) is 6.48. The molecule has 0 N–H and O–H groups in total. The van der Waals surface area contributed by atoms with Crippen molar-refractivity contribution in [1.82, 2.24) is 0 Å². The molecule has 4 atom stereocenters. The second kappa shape index (κ2) is 9.90. The summed E-state index contributed by atoms with van der Waals surface area (Å²) >= 11 is 0. The smallest absolute Gasteiger partial charge is 0.310 e. The summed E-state index contributed by atoms with van der Waals surface area (Å²) in [5.41, 5.74) is 2.38. The molecule has 0 aliphatic heterocycles. The minimum absolute atomic E-state index is 0.0903. The number of ether oxygens (including phenoxy) is 3. The number of rotatable bonds is 8. The minimum Gasteiger partial charge on any atom is -0.493 e. The first-order valence-corrected chi connectivity index (χ1v) is 12.8. The average molecular weight is 455 g/mol. The quantitative estimate of drug-likeness (QED) is 0.255. The summed E-state index contributed by atoms with van der Waals surface area (Å²) in [6, 6.07) is 4.10. The van der Waals surface area contributed by atoms with Crippen molar-refractivity contribution >= 4 is 11.9 Å². The number of esters is 2. The van der Waals surface area contributed by atoms with E-state index in [0.29, 0.717) is 43.0 Å². The molecule has 1 aromatic rings. The molecule has 0 saturated heterocycles. The van der Waals surface area contributed by atoms with E-state index in [0.717, 1.165) is 56.5 Å². The van der Waals surface area contributed by atoms with E-state index in [-0.39, 0.29) is 17.4 Å². The van der Waals surface area contributed by atoms with Gasteiger partial charge in [-0.25, -0.2) is 0 Å². The molecule has 4 rings (SSSR count). The minimum atomic E-state index is -0.207. The zero-order chi connectivity index (χ0) is 23.6. The average Bonchev–Trinajstić information content (AvgIpc) is 3.14. The Morgan fingerprint density at radius 3 is 2.55 bits per heavy atom. The first-order chi connectivity index (χ1) is 15.9. The lowest BCUT2D eigenvalue weighted by molar-refractivity contribution is -0.141. The van der Waals surface area contributed by atoms with Gasteiger partial charge in [-0.2, -0.15) is 0 Å². The maximum atomic E-state index is 12.3. The molecule has 5 nitrogen and oxygen atoms in total. The van der Waals surface area contributed by atoms with E-state index in [4.69, 9.17) is 14.2 Å². The summed E-state index contributed by atoms with van der Waals surface area (Å²) in [5.74, 6) is 3.29. The summed E-state index contributed by atoms with van der Waals surface area (Å²) in [6.45, 7) is 8.76. The van der Waals surface area contributed by atoms with Gasteiger partial charge in [-0.1, -0.05) is 34.1 Å². The van der Waals surface area contributed by atoms with Crippen LogP contribution in [0.1, 0.15) is 96.1 Å². The van der Waals surface area contributed by atoms with Crippen LogP contribution in [0.2, 0.25) is 0 Å². The highest BCUT2D eigenvalue weighted by molar-refractivity contribution is 5.73. The Bertz CT molecular complexity index is 932. The number of hydrogen-bond donors (Lipinski definition) is 0. The fraction of sp³-hybridized carbons (Fsp3) is 0.643. The number of carbonyl (C=O) groups excluding carboxylic acids is 2. The van der Waals surface area contributed by atoms with Crippen molar-refractivity contribution in [2.24, 2.45) is 17.3 Å². The first kappa shape index (κ1) is 23.8. The van der Waals surface area contributed by atoms with Gasteiger partial charge in [-0.05, 0) is 74.0 Å². The third-order valence-corrected chi connectivity index (χ3v) is 8.06. The van der Waals surface area contributed by atoms with Crippen molar-refractivity contribution in [3.8, 4) is 11.5 Å². The molecule has 3 aliphatic rings. The van der Waals surface area contributed by atoms with Gasteiger partial charge in [0.15, 0.2) is 0 Å². The molecule has 3 aliphatic carbocycles.